The van der Waals surface area contributed by atoms with Crippen molar-refractivity contribution in [3.63, 3.8) is 0 Å². The standard InChI is InChI=1S/C30H31FN3O4/c1-19(2)21-5-3-20(4-6-21)18-38-24-7-8-25(26(31)15-24)27-28(22-9-11-32-12-10-22)34-14-13-33(16-23(36)17-35)30(37)29(27)34/h3-12,15,19,23,35-36H,13-14,16-18H2,1-2H3/q+1. The molecule has 0 saturated carbocycles. The van der Waals surface area contributed by atoms with Gasteiger partial charge in [-0.25, -0.2) is 4.39 Å². The van der Waals surface area contributed by atoms with E-state index >= 15 is 4.39 Å². The molecule has 0 radical (unpaired) electrons. The molecule has 1 amide bonds. The lowest BCUT2D eigenvalue weighted by Gasteiger charge is -2.33. The molecule has 38 heavy (non-hydrogen) atoms. The van der Waals surface area contributed by atoms with Crippen molar-refractivity contribution in [2.75, 3.05) is 26.2 Å². The predicted octanol–water partition coefficient (Wildman–Crippen LogP) is 3.45. The Labute approximate surface area is 221 Å². The van der Waals surface area contributed by atoms with Crippen molar-refractivity contribution in [3.8, 4) is 5.75 Å². The number of ether oxygens (including phenoxy) is 1. The topological polar surface area (TPSA) is 85.9 Å². The first-order valence-electron chi connectivity index (χ1n) is 12.8. The number of pyridine rings is 1. The second-order valence-corrected chi connectivity index (χ2v) is 9.87. The highest BCUT2D eigenvalue weighted by Crippen LogP contribution is 2.39. The molecule has 2 aliphatic rings. The Hall–Kier alpha value is -3.88. The van der Waals surface area contributed by atoms with Crippen LogP contribution in [0.25, 0.3) is 11.3 Å². The summed E-state index contributed by atoms with van der Waals surface area (Å²) in [5, 5.41) is 19.1. The summed E-state index contributed by atoms with van der Waals surface area (Å²) in [5.41, 5.74) is 5.02. The normalized spacial score (nSPS) is 16.1. The summed E-state index contributed by atoms with van der Waals surface area (Å²) in [6.45, 7) is 5.05. The zero-order valence-electron chi connectivity index (χ0n) is 21.5. The number of hydrogen-bond acceptors (Lipinski definition) is 5. The first kappa shape index (κ1) is 25.8. The van der Waals surface area contributed by atoms with Crippen LogP contribution in [0.15, 0.2) is 67.0 Å². The largest absolute Gasteiger partial charge is 0.489 e. The lowest BCUT2D eigenvalue weighted by molar-refractivity contribution is -0.442. The summed E-state index contributed by atoms with van der Waals surface area (Å²) >= 11 is 0. The Morgan fingerprint density at radius 3 is 2.50 bits per heavy atom. The number of rotatable bonds is 9. The Kier molecular flexibility index (Phi) is 7.35. The van der Waals surface area contributed by atoms with Gasteiger partial charge in [0.2, 0.25) is 5.70 Å². The minimum absolute atomic E-state index is 0.0119. The van der Waals surface area contributed by atoms with Gasteiger partial charge < -0.3 is 19.8 Å². The fourth-order valence-electron chi connectivity index (χ4n) is 4.86. The molecule has 1 unspecified atom stereocenters. The summed E-state index contributed by atoms with van der Waals surface area (Å²) in [6, 6.07) is 16.5. The first-order chi connectivity index (χ1) is 18.4. The van der Waals surface area contributed by atoms with Gasteiger partial charge in [-0.1, -0.05) is 38.1 Å². The molecule has 1 aromatic heterocycles. The third-order valence-corrected chi connectivity index (χ3v) is 6.95. The Morgan fingerprint density at radius 2 is 1.84 bits per heavy atom. The van der Waals surface area contributed by atoms with Crippen LogP contribution < -0.4 is 4.74 Å². The number of benzene rings is 2. The predicted molar refractivity (Wildman–Crippen MR) is 142 cm³/mol. The molecule has 1 atom stereocenters. The fraction of sp³-hybridized carbons (Fsp3) is 0.300. The van der Waals surface area contributed by atoms with E-state index in [4.69, 9.17) is 4.74 Å². The highest BCUT2D eigenvalue weighted by molar-refractivity contribution is 6.59. The van der Waals surface area contributed by atoms with Gasteiger partial charge in [-0.3, -0.25) is 9.78 Å². The second kappa shape index (κ2) is 10.8. The Balaban J connectivity index is 1.42. The van der Waals surface area contributed by atoms with Crippen molar-refractivity contribution >= 4 is 22.9 Å². The molecule has 7 nitrogen and oxygen atoms in total. The van der Waals surface area contributed by atoms with E-state index in [9.17, 15) is 15.0 Å². The lowest BCUT2D eigenvalue weighted by atomic mass is 9.87. The maximum atomic E-state index is 15.6. The SMILES string of the molecule is CC(C)c1ccc(COc2ccc(C3=C(c4ccncc4)[N+]4=C3C(=O)N(CC(O)CO)CC4)c(F)c2)cc1. The van der Waals surface area contributed by atoms with Gasteiger partial charge in [-0.05, 0) is 41.3 Å². The van der Waals surface area contributed by atoms with Gasteiger partial charge in [0, 0.05) is 30.6 Å². The zero-order chi connectivity index (χ0) is 26.8. The molecule has 196 valence electrons. The molecule has 2 aliphatic heterocycles. The van der Waals surface area contributed by atoms with E-state index in [1.807, 2.05) is 28.8 Å². The highest BCUT2D eigenvalue weighted by Gasteiger charge is 2.50. The molecule has 2 N–H and O–H groups in total. The number of aromatic nitrogens is 1. The molecule has 2 aromatic carbocycles. The zero-order valence-corrected chi connectivity index (χ0v) is 21.5. The molecular weight excluding hydrogens is 485 g/mol. The van der Waals surface area contributed by atoms with Crippen LogP contribution in [0, 0.1) is 5.82 Å². The van der Waals surface area contributed by atoms with Crippen LogP contribution in [0.3, 0.4) is 0 Å². The number of carbonyl (C=O) groups is 1. The average Bonchev–Trinajstić information content (AvgIpc) is 2.91. The van der Waals surface area contributed by atoms with E-state index in [2.05, 4.69) is 31.0 Å². The quantitative estimate of drug-likeness (QED) is 0.426. The summed E-state index contributed by atoms with van der Waals surface area (Å²) in [4.78, 5) is 18.9. The summed E-state index contributed by atoms with van der Waals surface area (Å²) in [6.07, 6.45) is 2.29. The molecule has 0 saturated heterocycles. The molecule has 0 bridgehead atoms. The molecule has 5 rings (SSSR count). The van der Waals surface area contributed by atoms with Gasteiger partial charge >= 0.3 is 5.91 Å². The number of aliphatic hydroxyl groups excluding tert-OH is 2. The summed E-state index contributed by atoms with van der Waals surface area (Å²) in [7, 11) is 0. The van der Waals surface area contributed by atoms with Crippen LogP contribution in [-0.4, -0.2) is 68.6 Å². The smallest absolute Gasteiger partial charge is 0.319 e. The second-order valence-electron chi connectivity index (χ2n) is 9.87. The molecule has 0 fully saturated rings. The lowest BCUT2D eigenvalue weighted by Crippen LogP contribution is -2.55. The van der Waals surface area contributed by atoms with E-state index in [1.54, 1.807) is 24.5 Å². The number of hydrogen-bond donors (Lipinski definition) is 2. The van der Waals surface area contributed by atoms with E-state index < -0.39 is 18.5 Å². The van der Waals surface area contributed by atoms with Crippen LogP contribution in [0.2, 0.25) is 0 Å². The number of halogens is 1. The van der Waals surface area contributed by atoms with Gasteiger partial charge in [-0.2, -0.15) is 4.58 Å². The number of aliphatic hydroxyl groups is 2. The molecule has 8 heteroatoms. The van der Waals surface area contributed by atoms with E-state index in [-0.39, 0.29) is 12.5 Å². The van der Waals surface area contributed by atoms with Crippen LogP contribution in [0.1, 0.15) is 42.0 Å². The molecule has 3 heterocycles. The Morgan fingerprint density at radius 1 is 1.11 bits per heavy atom. The fourth-order valence-corrected chi connectivity index (χ4v) is 4.86. The number of amides is 1. The molecule has 0 spiro atoms. The van der Waals surface area contributed by atoms with Crippen LogP contribution in [0.4, 0.5) is 4.39 Å². The van der Waals surface area contributed by atoms with Crippen molar-refractivity contribution < 1.29 is 28.7 Å². The maximum Gasteiger partial charge on any atom is 0.319 e. The summed E-state index contributed by atoms with van der Waals surface area (Å²) < 4.78 is 23.3. The van der Waals surface area contributed by atoms with E-state index in [0.717, 1.165) is 16.8 Å². The number of β-amino-alcohol motifs (C(OH)–C–C–N with tert-alkyl or cyclic N) is 1. The van der Waals surface area contributed by atoms with Crippen LogP contribution in [0.5, 0.6) is 5.75 Å². The first-order valence-corrected chi connectivity index (χ1v) is 12.8. The van der Waals surface area contributed by atoms with Crippen LogP contribution >= 0.6 is 0 Å². The van der Waals surface area contributed by atoms with Gasteiger partial charge in [0.15, 0.2) is 6.54 Å². The van der Waals surface area contributed by atoms with Gasteiger partial charge in [0.05, 0.1) is 24.8 Å². The van der Waals surface area contributed by atoms with Crippen molar-refractivity contribution in [3.05, 3.63) is 95.1 Å². The molecule has 0 aliphatic carbocycles. The van der Waals surface area contributed by atoms with Gasteiger partial charge in [0.25, 0.3) is 5.71 Å². The third-order valence-electron chi connectivity index (χ3n) is 6.95. The van der Waals surface area contributed by atoms with Crippen molar-refractivity contribution in [2.45, 2.75) is 32.5 Å². The minimum Gasteiger partial charge on any atom is -0.489 e. The van der Waals surface area contributed by atoms with E-state index in [1.165, 1.54) is 16.5 Å². The molecule has 3 aromatic rings. The monoisotopic (exact) mass is 516 g/mol. The van der Waals surface area contributed by atoms with Crippen molar-refractivity contribution in [1.29, 1.82) is 0 Å². The van der Waals surface area contributed by atoms with E-state index in [0.29, 0.717) is 48.2 Å². The van der Waals surface area contributed by atoms with Crippen molar-refractivity contribution in [1.82, 2.24) is 9.88 Å². The van der Waals surface area contributed by atoms with Gasteiger partial charge in [-0.15, -0.1) is 0 Å². The minimum atomic E-state index is -1.03. The summed E-state index contributed by atoms with van der Waals surface area (Å²) in [5.74, 6) is 0.0445. The third kappa shape index (κ3) is 4.97. The number of nitrogens with zero attached hydrogens (tertiary/aromatic N) is 3. The number of carbonyl (C=O) groups excluding carboxylic acids is 1. The maximum absolute atomic E-state index is 15.6. The van der Waals surface area contributed by atoms with Gasteiger partial charge in [0.1, 0.15) is 23.7 Å². The highest BCUT2D eigenvalue weighted by atomic mass is 19.1. The Bertz CT molecular complexity index is 1400. The average molecular weight is 517 g/mol. The van der Waals surface area contributed by atoms with Crippen molar-refractivity contribution in [2.24, 2.45) is 0 Å². The molecular formula is C30H31FN3O4+. The van der Waals surface area contributed by atoms with Crippen LogP contribution in [-0.2, 0) is 11.4 Å².